The minimum atomic E-state index is 0.0293. The zero-order valence-electron chi connectivity index (χ0n) is 11.4. The molecule has 2 heterocycles. The van der Waals surface area contributed by atoms with Crippen molar-refractivity contribution in [2.45, 2.75) is 26.2 Å². The maximum Gasteiger partial charge on any atom is 0.229 e. The number of hydrogen-bond acceptors (Lipinski definition) is 2. The average Bonchev–Trinajstić information content (AvgIpc) is 2.60. The highest BCUT2D eigenvalue weighted by molar-refractivity contribution is 6.31. The van der Waals surface area contributed by atoms with Crippen LogP contribution in [0.5, 0.6) is 0 Å². The van der Waals surface area contributed by atoms with Crippen molar-refractivity contribution in [2.75, 3.05) is 24.5 Å². The molecule has 1 atom stereocenters. The van der Waals surface area contributed by atoms with Gasteiger partial charge >= 0.3 is 0 Å². The van der Waals surface area contributed by atoms with Crippen LogP contribution in [0.25, 0.3) is 0 Å². The van der Waals surface area contributed by atoms with Crippen molar-refractivity contribution in [3.63, 3.8) is 0 Å². The van der Waals surface area contributed by atoms with E-state index < -0.39 is 0 Å². The van der Waals surface area contributed by atoms with E-state index >= 15 is 0 Å². The molecule has 0 aliphatic carbocycles. The zero-order valence-corrected chi connectivity index (χ0v) is 12.1. The summed E-state index contributed by atoms with van der Waals surface area (Å²) in [6.07, 6.45) is 0.947. The normalized spacial score (nSPS) is 21.5. The van der Waals surface area contributed by atoms with Gasteiger partial charge in [-0.15, -0.1) is 0 Å². The van der Waals surface area contributed by atoms with Crippen LogP contribution in [0.3, 0.4) is 0 Å². The van der Waals surface area contributed by atoms with Crippen LogP contribution in [0, 0.1) is 5.92 Å². The van der Waals surface area contributed by atoms with E-state index in [-0.39, 0.29) is 11.8 Å². The van der Waals surface area contributed by atoms with E-state index in [1.165, 1.54) is 11.1 Å². The highest BCUT2D eigenvalue weighted by Crippen LogP contribution is 2.42. The lowest BCUT2D eigenvalue weighted by atomic mass is 9.95. The van der Waals surface area contributed by atoms with Crippen LogP contribution in [0.2, 0.25) is 5.02 Å². The van der Waals surface area contributed by atoms with Crippen molar-refractivity contribution in [2.24, 2.45) is 5.92 Å². The second kappa shape index (κ2) is 4.80. The van der Waals surface area contributed by atoms with Crippen LogP contribution < -0.4 is 10.2 Å². The summed E-state index contributed by atoms with van der Waals surface area (Å²) in [5, 5.41) is 4.29. The number of amides is 1. The summed E-state index contributed by atoms with van der Waals surface area (Å²) < 4.78 is 0. The van der Waals surface area contributed by atoms with Gasteiger partial charge in [0.1, 0.15) is 0 Å². The third-order valence-corrected chi connectivity index (χ3v) is 4.44. The van der Waals surface area contributed by atoms with Gasteiger partial charge in [-0.05, 0) is 36.2 Å². The highest BCUT2D eigenvalue weighted by atomic mass is 35.5. The minimum Gasteiger partial charge on any atom is -0.316 e. The van der Waals surface area contributed by atoms with Gasteiger partial charge in [0, 0.05) is 35.6 Å². The van der Waals surface area contributed by atoms with Crippen molar-refractivity contribution < 1.29 is 4.79 Å². The van der Waals surface area contributed by atoms with Crippen molar-refractivity contribution in [3.8, 4) is 0 Å². The summed E-state index contributed by atoms with van der Waals surface area (Å²) in [5.41, 5.74) is 3.60. The molecule has 4 heteroatoms. The molecule has 1 amide bonds. The first kappa shape index (κ1) is 12.9. The number of rotatable bonds is 1. The summed E-state index contributed by atoms with van der Waals surface area (Å²) in [6, 6.07) is 3.94. The van der Waals surface area contributed by atoms with E-state index in [4.69, 9.17) is 11.6 Å². The Balaban J connectivity index is 2.10. The molecule has 19 heavy (non-hydrogen) atoms. The van der Waals surface area contributed by atoms with Crippen LogP contribution >= 0.6 is 11.6 Å². The number of nitrogens with zero attached hydrogens (tertiary/aromatic N) is 1. The fourth-order valence-electron chi connectivity index (χ4n) is 3.16. The Morgan fingerprint density at radius 2 is 2.26 bits per heavy atom. The number of carbonyl (C=O) groups excluding carboxylic acids is 1. The Morgan fingerprint density at radius 1 is 1.47 bits per heavy atom. The van der Waals surface area contributed by atoms with E-state index in [0.29, 0.717) is 5.92 Å². The maximum absolute atomic E-state index is 12.3. The van der Waals surface area contributed by atoms with Crippen LogP contribution in [-0.2, 0) is 11.2 Å². The summed E-state index contributed by atoms with van der Waals surface area (Å²) in [6.45, 7) is 6.59. The monoisotopic (exact) mass is 278 g/mol. The van der Waals surface area contributed by atoms with Crippen LogP contribution in [-0.4, -0.2) is 25.5 Å². The molecule has 1 aromatic rings. The molecule has 102 valence electrons. The number of anilines is 1. The molecule has 3 rings (SSSR count). The first-order valence-electron chi connectivity index (χ1n) is 6.93. The third kappa shape index (κ3) is 2.05. The molecule has 3 nitrogen and oxygen atoms in total. The first-order valence-corrected chi connectivity index (χ1v) is 7.30. The highest BCUT2D eigenvalue weighted by Gasteiger charge is 2.36. The van der Waals surface area contributed by atoms with Gasteiger partial charge in [0.25, 0.3) is 0 Å². The Bertz CT molecular complexity index is 527. The molecule has 0 spiro atoms. The van der Waals surface area contributed by atoms with E-state index in [1.54, 1.807) is 0 Å². The first-order chi connectivity index (χ1) is 9.09. The largest absolute Gasteiger partial charge is 0.316 e. The standard InChI is InChI=1S/C15H19ClN2O/c1-9(2)15(19)18-8-10-7-17-6-5-11-12(16)3-4-13(18)14(10)11/h3-4,9-10,17H,5-8H2,1-2H3. The van der Waals surface area contributed by atoms with Gasteiger partial charge in [0.2, 0.25) is 5.91 Å². The van der Waals surface area contributed by atoms with Crippen molar-refractivity contribution >= 4 is 23.2 Å². The topological polar surface area (TPSA) is 32.3 Å². The Hall–Kier alpha value is -1.06. The molecule has 0 fully saturated rings. The van der Waals surface area contributed by atoms with Crippen molar-refractivity contribution in [1.82, 2.24) is 5.32 Å². The van der Waals surface area contributed by atoms with Crippen molar-refractivity contribution in [1.29, 1.82) is 0 Å². The summed E-state index contributed by atoms with van der Waals surface area (Å²) >= 11 is 6.34. The lowest BCUT2D eigenvalue weighted by Gasteiger charge is -2.21. The Kier molecular flexibility index (Phi) is 3.27. The fourth-order valence-corrected chi connectivity index (χ4v) is 3.42. The second-order valence-corrected chi connectivity index (χ2v) is 6.12. The predicted octanol–water partition coefficient (Wildman–Crippen LogP) is 2.57. The molecule has 2 aliphatic heterocycles. The van der Waals surface area contributed by atoms with Gasteiger partial charge in [0.05, 0.1) is 0 Å². The van der Waals surface area contributed by atoms with Gasteiger partial charge in [-0.1, -0.05) is 25.4 Å². The SMILES string of the molecule is CC(C)C(=O)N1CC2CNCCc3c(Cl)ccc1c32. The molecule has 1 N–H and O–H groups in total. The van der Waals surface area contributed by atoms with Crippen LogP contribution in [0.15, 0.2) is 12.1 Å². The van der Waals surface area contributed by atoms with Crippen LogP contribution in [0.4, 0.5) is 5.69 Å². The number of hydrogen-bond donors (Lipinski definition) is 1. The molecule has 1 aromatic carbocycles. The number of nitrogens with one attached hydrogen (secondary N) is 1. The van der Waals surface area contributed by atoms with E-state index in [1.807, 2.05) is 30.9 Å². The lowest BCUT2D eigenvalue weighted by Crippen LogP contribution is -2.35. The summed E-state index contributed by atoms with van der Waals surface area (Å²) in [5.74, 6) is 0.619. The van der Waals surface area contributed by atoms with Gasteiger partial charge in [-0.25, -0.2) is 0 Å². The number of carbonyl (C=O) groups is 1. The van der Waals surface area contributed by atoms with Crippen LogP contribution in [0.1, 0.15) is 30.9 Å². The Morgan fingerprint density at radius 3 is 3.00 bits per heavy atom. The number of benzene rings is 1. The molecule has 0 saturated heterocycles. The molecule has 1 unspecified atom stereocenters. The van der Waals surface area contributed by atoms with Gasteiger partial charge in [-0.3, -0.25) is 4.79 Å². The molecule has 0 bridgehead atoms. The maximum atomic E-state index is 12.3. The molecule has 0 radical (unpaired) electrons. The van der Waals surface area contributed by atoms with E-state index in [2.05, 4.69) is 5.32 Å². The van der Waals surface area contributed by atoms with E-state index in [0.717, 1.165) is 36.8 Å². The van der Waals surface area contributed by atoms with E-state index in [9.17, 15) is 4.79 Å². The summed E-state index contributed by atoms with van der Waals surface area (Å²) in [4.78, 5) is 14.3. The van der Waals surface area contributed by atoms with Crippen molar-refractivity contribution in [3.05, 3.63) is 28.3 Å². The molecule has 2 aliphatic rings. The average molecular weight is 279 g/mol. The van der Waals surface area contributed by atoms with Gasteiger partial charge in [-0.2, -0.15) is 0 Å². The number of halogens is 1. The smallest absolute Gasteiger partial charge is 0.229 e. The lowest BCUT2D eigenvalue weighted by molar-refractivity contribution is -0.121. The predicted molar refractivity (Wildman–Crippen MR) is 78.0 cm³/mol. The third-order valence-electron chi connectivity index (χ3n) is 4.08. The molecule has 0 aromatic heterocycles. The molecular formula is C15H19ClN2O. The minimum absolute atomic E-state index is 0.0293. The van der Waals surface area contributed by atoms with Gasteiger partial charge < -0.3 is 10.2 Å². The molecule has 0 saturated carbocycles. The Labute approximate surface area is 118 Å². The fraction of sp³-hybridized carbons (Fsp3) is 0.533. The second-order valence-electron chi connectivity index (χ2n) is 5.71. The quantitative estimate of drug-likeness (QED) is 0.856. The summed E-state index contributed by atoms with van der Waals surface area (Å²) in [7, 11) is 0. The van der Waals surface area contributed by atoms with Gasteiger partial charge in [0.15, 0.2) is 0 Å². The zero-order chi connectivity index (χ0) is 13.6. The molecular weight excluding hydrogens is 260 g/mol.